The molecule has 1 aromatic carbocycles. The molecule has 0 bridgehead atoms. The Hall–Kier alpha value is -2.16. The number of rotatable bonds is 3. The molecule has 29 heavy (non-hydrogen) atoms. The summed E-state index contributed by atoms with van der Waals surface area (Å²) in [7, 11) is -3.71. The monoisotopic (exact) mass is 418 g/mol. The minimum absolute atomic E-state index is 0.0514. The molecule has 0 aliphatic carbocycles. The molecule has 156 valence electrons. The first-order chi connectivity index (χ1) is 13.9. The molecule has 7 nitrogen and oxygen atoms in total. The third-order valence-corrected chi connectivity index (χ3v) is 7.60. The second-order valence-electron chi connectivity index (χ2n) is 7.59. The highest BCUT2D eigenvalue weighted by Gasteiger charge is 2.37. The predicted molar refractivity (Wildman–Crippen MR) is 107 cm³/mol. The molecular weight excluding hydrogens is 392 g/mol. The number of carbonyl (C=O) groups is 1. The van der Waals surface area contributed by atoms with Crippen LogP contribution in [-0.4, -0.2) is 56.4 Å². The van der Waals surface area contributed by atoms with E-state index in [1.165, 1.54) is 4.31 Å². The molecule has 0 N–H and O–H groups in total. The van der Waals surface area contributed by atoms with E-state index >= 15 is 0 Å². The van der Waals surface area contributed by atoms with E-state index in [1.807, 2.05) is 30.0 Å². The highest BCUT2D eigenvalue weighted by Crippen LogP contribution is 2.32. The van der Waals surface area contributed by atoms with Crippen LogP contribution in [0.25, 0.3) is 0 Å². The molecule has 1 unspecified atom stereocenters. The molecule has 3 heterocycles. The lowest BCUT2D eigenvalue weighted by molar-refractivity contribution is -0.128. The van der Waals surface area contributed by atoms with Gasteiger partial charge in [0.05, 0.1) is 18.1 Å². The van der Waals surface area contributed by atoms with Crippen LogP contribution in [0.4, 0.5) is 0 Å². The van der Waals surface area contributed by atoms with Crippen molar-refractivity contribution in [1.82, 2.24) is 9.21 Å². The number of hydrogen-bond donors (Lipinski definition) is 0. The number of carbonyl (C=O) groups excluding carboxylic acids is 1. The fraction of sp³-hybridized carbons (Fsp3) is 0.476. The Kier molecular flexibility index (Phi) is 5.50. The number of aryl methyl sites for hydroxylation is 1. The lowest BCUT2D eigenvalue weighted by atomic mass is 10.0. The Morgan fingerprint density at radius 2 is 1.83 bits per heavy atom. The van der Waals surface area contributed by atoms with Crippen molar-refractivity contribution in [2.75, 3.05) is 32.8 Å². The smallest absolute Gasteiger partial charge is 0.243 e. The molecule has 1 aromatic heterocycles. The van der Waals surface area contributed by atoms with Crippen LogP contribution in [0.2, 0.25) is 0 Å². The zero-order chi connectivity index (χ0) is 20.6. The molecular formula is C21H26N2O5S. The average Bonchev–Trinajstić information content (AvgIpc) is 3.02. The topological polar surface area (TPSA) is 80.1 Å². The van der Waals surface area contributed by atoms with Gasteiger partial charge in [-0.05, 0) is 55.2 Å². The van der Waals surface area contributed by atoms with E-state index in [9.17, 15) is 13.2 Å². The van der Waals surface area contributed by atoms with E-state index in [1.54, 1.807) is 19.1 Å². The van der Waals surface area contributed by atoms with Crippen LogP contribution in [0.15, 0.2) is 39.6 Å². The van der Waals surface area contributed by atoms with Crippen molar-refractivity contribution in [2.45, 2.75) is 37.6 Å². The molecule has 2 aromatic rings. The minimum atomic E-state index is -3.71. The van der Waals surface area contributed by atoms with Crippen molar-refractivity contribution in [3.63, 3.8) is 0 Å². The molecule has 8 heteroatoms. The van der Waals surface area contributed by atoms with Gasteiger partial charge in [0.15, 0.2) is 0 Å². The van der Waals surface area contributed by atoms with Crippen LogP contribution >= 0.6 is 0 Å². The van der Waals surface area contributed by atoms with Crippen LogP contribution in [0.5, 0.6) is 0 Å². The van der Waals surface area contributed by atoms with Gasteiger partial charge in [-0.1, -0.05) is 6.07 Å². The largest absolute Gasteiger partial charge is 0.465 e. The zero-order valence-corrected chi connectivity index (χ0v) is 17.6. The van der Waals surface area contributed by atoms with Gasteiger partial charge >= 0.3 is 0 Å². The van der Waals surface area contributed by atoms with E-state index in [-0.39, 0.29) is 24.0 Å². The van der Waals surface area contributed by atoms with Gasteiger partial charge in [0, 0.05) is 26.6 Å². The molecule has 0 saturated carbocycles. The number of hydrogen-bond acceptors (Lipinski definition) is 5. The zero-order valence-electron chi connectivity index (χ0n) is 16.8. The van der Waals surface area contributed by atoms with Crippen molar-refractivity contribution < 1.29 is 22.4 Å². The van der Waals surface area contributed by atoms with E-state index in [0.717, 1.165) is 23.3 Å². The van der Waals surface area contributed by atoms with E-state index < -0.39 is 16.1 Å². The number of sulfonamides is 1. The highest BCUT2D eigenvalue weighted by atomic mass is 32.2. The Morgan fingerprint density at radius 3 is 2.52 bits per heavy atom. The summed E-state index contributed by atoms with van der Waals surface area (Å²) in [5.41, 5.74) is 2.10. The summed E-state index contributed by atoms with van der Waals surface area (Å²) in [6.45, 7) is 5.58. The summed E-state index contributed by atoms with van der Waals surface area (Å²) in [6.07, 6.45) is 1.39. The van der Waals surface area contributed by atoms with Crippen molar-refractivity contribution in [3.05, 3.63) is 53.0 Å². The maximum absolute atomic E-state index is 13.5. The van der Waals surface area contributed by atoms with Gasteiger partial charge in [-0.15, -0.1) is 0 Å². The van der Waals surface area contributed by atoms with Crippen LogP contribution in [0.3, 0.4) is 0 Å². The number of amides is 1. The molecule has 0 spiro atoms. The van der Waals surface area contributed by atoms with E-state index in [0.29, 0.717) is 31.9 Å². The van der Waals surface area contributed by atoms with Crippen molar-refractivity contribution in [1.29, 1.82) is 0 Å². The van der Waals surface area contributed by atoms with Gasteiger partial charge in [0.25, 0.3) is 0 Å². The number of nitrogens with zero attached hydrogens (tertiary/aromatic N) is 2. The van der Waals surface area contributed by atoms with Gasteiger partial charge in [-0.3, -0.25) is 4.79 Å². The Labute approximate surface area is 171 Å². The minimum Gasteiger partial charge on any atom is -0.465 e. The molecule has 2 aliphatic rings. The number of morpholine rings is 1. The fourth-order valence-electron chi connectivity index (χ4n) is 4.04. The first-order valence-electron chi connectivity index (χ1n) is 9.89. The average molecular weight is 419 g/mol. The summed E-state index contributed by atoms with van der Waals surface area (Å²) < 4.78 is 39.7. The second-order valence-corrected chi connectivity index (χ2v) is 9.48. The summed E-state index contributed by atoms with van der Waals surface area (Å²) in [5, 5.41) is 0. The molecule has 1 amide bonds. The van der Waals surface area contributed by atoms with E-state index in [4.69, 9.17) is 9.15 Å². The highest BCUT2D eigenvalue weighted by molar-refractivity contribution is 7.89. The summed E-state index contributed by atoms with van der Waals surface area (Å²) in [6, 6.07) is 8.50. The lowest BCUT2D eigenvalue weighted by Crippen LogP contribution is -2.43. The SMILES string of the molecule is CC(=O)N1CCc2ccc(S(=O)(=O)N3CCOCC3c3ccc(C)o3)cc2CC1. The Balaban J connectivity index is 1.64. The van der Waals surface area contributed by atoms with Crippen LogP contribution < -0.4 is 0 Å². The van der Waals surface area contributed by atoms with Gasteiger partial charge < -0.3 is 14.1 Å². The normalized spacial score (nSPS) is 20.9. The molecule has 4 rings (SSSR count). The quantitative estimate of drug-likeness (QED) is 0.764. The molecule has 1 saturated heterocycles. The maximum Gasteiger partial charge on any atom is 0.243 e. The third-order valence-electron chi connectivity index (χ3n) is 5.70. The van der Waals surface area contributed by atoms with Crippen molar-refractivity contribution in [2.24, 2.45) is 0 Å². The van der Waals surface area contributed by atoms with Crippen LogP contribution in [0.1, 0.15) is 35.6 Å². The molecule has 1 fully saturated rings. The molecule has 2 aliphatic heterocycles. The molecule has 1 atom stereocenters. The standard InChI is InChI=1S/C21H26N2O5S/c1-15-3-6-21(28-15)20-14-27-12-11-23(20)29(25,26)19-5-4-17-7-9-22(16(2)24)10-8-18(17)13-19/h3-6,13,20H,7-12,14H2,1-2H3. The van der Waals surface area contributed by atoms with Gasteiger partial charge in [-0.25, -0.2) is 8.42 Å². The second kappa shape index (κ2) is 7.93. The summed E-state index contributed by atoms with van der Waals surface area (Å²) >= 11 is 0. The summed E-state index contributed by atoms with van der Waals surface area (Å²) in [5.74, 6) is 1.39. The van der Waals surface area contributed by atoms with Gasteiger partial charge in [-0.2, -0.15) is 4.31 Å². The third kappa shape index (κ3) is 3.97. The maximum atomic E-state index is 13.5. The summed E-state index contributed by atoms with van der Waals surface area (Å²) in [4.78, 5) is 13.8. The molecule has 0 radical (unpaired) electrons. The Bertz CT molecular complexity index is 1010. The van der Waals surface area contributed by atoms with Gasteiger partial charge in [0.1, 0.15) is 17.6 Å². The fourth-order valence-corrected chi connectivity index (χ4v) is 5.66. The number of furan rings is 1. The number of ether oxygens (including phenoxy) is 1. The van der Waals surface area contributed by atoms with E-state index in [2.05, 4.69) is 0 Å². The van der Waals surface area contributed by atoms with Gasteiger partial charge in [0.2, 0.25) is 15.9 Å². The van der Waals surface area contributed by atoms with Crippen LogP contribution in [-0.2, 0) is 32.4 Å². The van der Waals surface area contributed by atoms with Crippen molar-refractivity contribution in [3.8, 4) is 0 Å². The number of fused-ring (bicyclic) bond motifs is 1. The van der Waals surface area contributed by atoms with Crippen LogP contribution in [0, 0.1) is 6.92 Å². The lowest BCUT2D eigenvalue weighted by Gasteiger charge is -2.33. The number of benzene rings is 1. The Morgan fingerprint density at radius 1 is 1.07 bits per heavy atom. The van der Waals surface area contributed by atoms with Crippen molar-refractivity contribution >= 4 is 15.9 Å². The predicted octanol–water partition coefficient (Wildman–Crippen LogP) is 2.30. The first kappa shape index (κ1) is 20.1. The first-order valence-corrected chi connectivity index (χ1v) is 11.3.